The Labute approximate surface area is 208 Å². The molecule has 0 radical (unpaired) electrons. The number of thioether (sulfide) groups is 1. The van der Waals surface area contributed by atoms with Gasteiger partial charge in [0.05, 0.1) is 10.5 Å². The van der Waals surface area contributed by atoms with Crippen molar-refractivity contribution in [3.63, 3.8) is 0 Å². The van der Waals surface area contributed by atoms with Crippen molar-refractivity contribution in [2.24, 2.45) is 0 Å². The Morgan fingerprint density at radius 3 is 2.56 bits per heavy atom. The highest BCUT2D eigenvalue weighted by molar-refractivity contribution is 8.26. The molecule has 0 bridgehead atoms. The second-order valence-electron chi connectivity index (χ2n) is 8.55. The molecular formula is C26H26N4O2S2. The average molecular weight is 491 g/mol. The predicted octanol–water partition coefficient (Wildman–Crippen LogP) is 4.52. The molecule has 0 aliphatic carbocycles. The number of pyridine rings is 1. The SMILES string of the molecule is O=C1C(=Cc2c(N3CCCCC3)nc3ccccn3c2=O)SC(=S)N1CCCc1ccccc1. The molecule has 174 valence electrons. The molecule has 0 unspecified atom stereocenters. The van der Waals surface area contributed by atoms with Crippen LogP contribution in [0.2, 0.25) is 0 Å². The zero-order valence-corrected chi connectivity index (χ0v) is 20.5. The van der Waals surface area contributed by atoms with Gasteiger partial charge in [-0.1, -0.05) is 60.4 Å². The summed E-state index contributed by atoms with van der Waals surface area (Å²) < 4.78 is 2.08. The number of amides is 1. The number of hydrogen-bond acceptors (Lipinski definition) is 6. The maximum atomic E-state index is 13.5. The maximum Gasteiger partial charge on any atom is 0.267 e. The van der Waals surface area contributed by atoms with Crippen molar-refractivity contribution in [3.05, 3.63) is 81.1 Å². The molecule has 1 amide bonds. The number of thiocarbonyl (C=S) groups is 1. The van der Waals surface area contributed by atoms with Crippen molar-refractivity contribution >= 4 is 51.7 Å². The monoisotopic (exact) mass is 490 g/mol. The largest absolute Gasteiger partial charge is 0.356 e. The molecular weight excluding hydrogens is 464 g/mol. The normalized spacial score (nSPS) is 17.8. The summed E-state index contributed by atoms with van der Waals surface area (Å²) in [5, 5.41) is 0. The minimum absolute atomic E-state index is 0.134. The molecule has 2 aliphatic heterocycles. The van der Waals surface area contributed by atoms with Gasteiger partial charge in [-0.2, -0.15) is 0 Å². The first-order valence-electron chi connectivity index (χ1n) is 11.7. The number of carbonyl (C=O) groups is 1. The van der Waals surface area contributed by atoms with Crippen molar-refractivity contribution in [3.8, 4) is 0 Å². The lowest BCUT2D eigenvalue weighted by molar-refractivity contribution is -0.122. The van der Waals surface area contributed by atoms with Gasteiger partial charge in [-0.15, -0.1) is 0 Å². The first-order valence-corrected chi connectivity index (χ1v) is 12.9. The molecule has 8 heteroatoms. The van der Waals surface area contributed by atoms with E-state index >= 15 is 0 Å². The van der Waals surface area contributed by atoms with Crippen LogP contribution >= 0.6 is 24.0 Å². The van der Waals surface area contributed by atoms with E-state index in [1.165, 1.54) is 23.7 Å². The number of aryl methyl sites for hydroxylation is 1. The average Bonchev–Trinajstić information content (AvgIpc) is 3.14. The third-order valence-corrected chi connectivity index (χ3v) is 7.62. The van der Waals surface area contributed by atoms with Gasteiger partial charge in [0.2, 0.25) is 0 Å². The molecule has 3 aromatic rings. The van der Waals surface area contributed by atoms with Gasteiger partial charge in [-0.3, -0.25) is 18.9 Å². The number of fused-ring (bicyclic) bond motifs is 1. The smallest absolute Gasteiger partial charge is 0.267 e. The second-order valence-corrected chi connectivity index (χ2v) is 10.2. The molecule has 2 aliphatic rings. The van der Waals surface area contributed by atoms with Crippen LogP contribution in [0.1, 0.15) is 36.8 Å². The van der Waals surface area contributed by atoms with Crippen LogP contribution in [0.5, 0.6) is 0 Å². The standard InChI is InChI=1S/C26H26N4O2S2/c31-24-20(23(28-14-6-2-7-15-28)27-22-13-5-8-16-29(22)24)18-21-25(32)30(26(33)34-21)17-9-12-19-10-3-1-4-11-19/h1,3-5,8,10-11,13,16,18H,2,6-7,9,12,14-15,17H2. The summed E-state index contributed by atoms with van der Waals surface area (Å²) in [6, 6.07) is 15.7. The van der Waals surface area contributed by atoms with Gasteiger partial charge in [0.15, 0.2) is 0 Å². The zero-order chi connectivity index (χ0) is 23.5. The lowest BCUT2D eigenvalue weighted by atomic mass is 10.1. The fourth-order valence-electron chi connectivity index (χ4n) is 4.47. The van der Waals surface area contributed by atoms with E-state index in [4.69, 9.17) is 17.2 Å². The summed E-state index contributed by atoms with van der Waals surface area (Å²) >= 11 is 6.79. The molecule has 1 aromatic carbocycles. The van der Waals surface area contributed by atoms with Crippen LogP contribution in [-0.4, -0.2) is 44.1 Å². The van der Waals surface area contributed by atoms with Gasteiger partial charge in [0.25, 0.3) is 11.5 Å². The molecule has 2 saturated heterocycles. The van der Waals surface area contributed by atoms with Crippen molar-refractivity contribution in [2.45, 2.75) is 32.1 Å². The second kappa shape index (κ2) is 10.1. The van der Waals surface area contributed by atoms with E-state index in [1.807, 2.05) is 36.4 Å². The van der Waals surface area contributed by atoms with Gasteiger partial charge in [-0.05, 0) is 55.9 Å². The van der Waals surface area contributed by atoms with E-state index in [9.17, 15) is 9.59 Å². The van der Waals surface area contributed by atoms with Crippen molar-refractivity contribution in [2.75, 3.05) is 24.5 Å². The third-order valence-electron chi connectivity index (χ3n) is 6.24. The fraction of sp³-hybridized carbons (Fsp3) is 0.308. The van der Waals surface area contributed by atoms with Gasteiger partial charge in [0, 0.05) is 25.8 Å². The summed E-state index contributed by atoms with van der Waals surface area (Å²) in [5.74, 6) is 0.524. The molecule has 0 N–H and O–H groups in total. The van der Waals surface area contributed by atoms with E-state index in [0.717, 1.165) is 38.8 Å². The highest BCUT2D eigenvalue weighted by Crippen LogP contribution is 2.34. The van der Waals surface area contributed by atoms with Crippen LogP contribution in [0.25, 0.3) is 11.7 Å². The first-order chi connectivity index (χ1) is 16.6. The summed E-state index contributed by atoms with van der Waals surface area (Å²) in [4.78, 5) is 35.8. The number of aromatic nitrogens is 2. The van der Waals surface area contributed by atoms with Crippen LogP contribution in [-0.2, 0) is 11.2 Å². The molecule has 34 heavy (non-hydrogen) atoms. The number of carbonyl (C=O) groups excluding carboxylic acids is 1. The highest BCUT2D eigenvalue weighted by Gasteiger charge is 2.32. The molecule has 6 nitrogen and oxygen atoms in total. The first kappa shape index (κ1) is 22.8. The molecule has 0 atom stereocenters. The van der Waals surface area contributed by atoms with E-state index in [-0.39, 0.29) is 11.5 Å². The van der Waals surface area contributed by atoms with Crippen molar-refractivity contribution < 1.29 is 4.79 Å². The van der Waals surface area contributed by atoms with Crippen LogP contribution in [0, 0.1) is 0 Å². The van der Waals surface area contributed by atoms with Gasteiger partial charge in [0.1, 0.15) is 15.8 Å². The van der Waals surface area contributed by atoms with Crippen LogP contribution in [0.15, 0.2) is 64.4 Å². The number of piperidine rings is 1. The summed E-state index contributed by atoms with van der Waals surface area (Å²) in [7, 11) is 0. The summed E-state index contributed by atoms with van der Waals surface area (Å²) in [6.07, 6.45) is 8.44. The number of rotatable bonds is 6. The van der Waals surface area contributed by atoms with E-state index < -0.39 is 0 Å². The minimum Gasteiger partial charge on any atom is -0.356 e. The molecule has 5 rings (SSSR count). The van der Waals surface area contributed by atoms with Crippen LogP contribution in [0.4, 0.5) is 5.82 Å². The van der Waals surface area contributed by atoms with E-state index in [1.54, 1.807) is 21.6 Å². The quantitative estimate of drug-likeness (QED) is 0.374. The summed E-state index contributed by atoms with van der Waals surface area (Å²) in [5.41, 5.74) is 2.14. The van der Waals surface area contributed by atoms with Gasteiger partial charge >= 0.3 is 0 Å². The third kappa shape index (κ3) is 4.65. The lowest BCUT2D eigenvalue weighted by Crippen LogP contribution is -2.33. The van der Waals surface area contributed by atoms with Crippen molar-refractivity contribution in [1.82, 2.24) is 14.3 Å². The lowest BCUT2D eigenvalue weighted by Gasteiger charge is -2.29. The Bertz CT molecular complexity index is 1310. The fourth-order valence-corrected chi connectivity index (χ4v) is 5.76. The van der Waals surface area contributed by atoms with E-state index in [2.05, 4.69) is 17.0 Å². The molecule has 0 saturated carbocycles. The van der Waals surface area contributed by atoms with E-state index in [0.29, 0.717) is 32.8 Å². The summed E-state index contributed by atoms with van der Waals surface area (Å²) in [6.45, 7) is 2.28. The molecule has 4 heterocycles. The number of hydrogen-bond donors (Lipinski definition) is 0. The number of benzene rings is 1. The minimum atomic E-state index is -0.166. The number of anilines is 1. The van der Waals surface area contributed by atoms with Crippen LogP contribution in [0.3, 0.4) is 0 Å². The zero-order valence-electron chi connectivity index (χ0n) is 18.9. The number of nitrogens with zero attached hydrogens (tertiary/aromatic N) is 4. The topological polar surface area (TPSA) is 57.9 Å². The Kier molecular flexibility index (Phi) is 6.78. The molecule has 2 aromatic heterocycles. The van der Waals surface area contributed by atoms with Gasteiger partial charge < -0.3 is 4.90 Å². The Morgan fingerprint density at radius 1 is 1.00 bits per heavy atom. The van der Waals surface area contributed by atoms with Gasteiger partial charge in [-0.25, -0.2) is 4.98 Å². The highest BCUT2D eigenvalue weighted by atomic mass is 32.2. The van der Waals surface area contributed by atoms with Crippen LogP contribution < -0.4 is 10.5 Å². The Morgan fingerprint density at radius 2 is 1.76 bits per heavy atom. The molecule has 2 fully saturated rings. The Hall–Kier alpha value is -2.97. The predicted molar refractivity (Wildman–Crippen MR) is 142 cm³/mol. The van der Waals surface area contributed by atoms with Crippen molar-refractivity contribution in [1.29, 1.82) is 0 Å². The maximum absolute atomic E-state index is 13.5. The Balaban J connectivity index is 1.44. The molecule has 0 spiro atoms.